The molecule has 7 heteroatoms. The first-order valence-electron chi connectivity index (χ1n) is 5.35. The van der Waals surface area contributed by atoms with Crippen molar-refractivity contribution in [1.29, 1.82) is 0 Å². The van der Waals surface area contributed by atoms with Gasteiger partial charge in [0.2, 0.25) is 11.8 Å². The Labute approximate surface area is 108 Å². The van der Waals surface area contributed by atoms with E-state index in [0.29, 0.717) is 0 Å². The molecule has 0 bridgehead atoms. The molecule has 0 saturated heterocycles. The van der Waals surface area contributed by atoms with Crippen LogP contribution in [0.25, 0.3) is 0 Å². The van der Waals surface area contributed by atoms with Crippen LogP contribution in [0.1, 0.15) is 17.3 Å². The molecule has 0 radical (unpaired) electrons. The molecule has 102 valence electrons. The molecule has 0 aromatic heterocycles. The Balaban J connectivity index is 2.75. The number of carboxylic acid groups (broad SMARTS) is 1. The molecule has 1 aromatic rings. The Morgan fingerprint density at radius 2 is 2.00 bits per heavy atom. The smallest absolute Gasteiger partial charge is 0.335 e. The monoisotopic (exact) mass is 268 g/mol. The molecule has 0 unspecified atom stereocenters. The lowest BCUT2D eigenvalue weighted by atomic mass is 10.2. The quantitative estimate of drug-likeness (QED) is 0.850. The summed E-state index contributed by atoms with van der Waals surface area (Å²) in [6, 6.07) is 3.15. The Morgan fingerprint density at radius 1 is 1.37 bits per heavy atom. The van der Waals surface area contributed by atoms with Crippen LogP contribution in [-0.4, -0.2) is 41.4 Å². The highest BCUT2D eigenvalue weighted by Crippen LogP contribution is 2.15. The van der Waals surface area contributed by atoms with Gasteiger partial charge in [-0.15, -0.1) is 0 Å². The van der Waals surface area contributed by atoms with Crippen LogP contribution in [-0.2, 0) is 9.59 Å². The Morgan fingerprint density at radius 3 is 2.47 bits per heavy atom. The van der Waals surface area contributed by atoms with Gasteiger partial charge in [-0.3, -0.25) is 9.59 Å². The number of carbonyl (C=O) groups is 3. The van der Waals surface area contributed by atoms with Gasteiger partial charge in [-0.05, 0) is 18.2 Å². The van der Waals surface area contributed by atoms with Crippen molar-refractivity contribution in [2.45, 2.75) is 6.92 Å². The molecule has 1 aromatic carbocycles. The van der Waals surface area contributed by atoms with Crippen molar-refractivity contribution in [2.24, 2.45) is 0 Å². The van der Waals surface area contributed by atoms with Crippen LogP contribution in [0, 0.1) is 5.82 Å². The maximum Gasteiger partial charge on any atom is 0.335 e. The van der Waals surface area contributed by atoms with E-state index in [1.54, 1.807) is 0 Å². The maximum atomic E-state index is 13.5. The van der Waals surface area contributed by atoms with Crippen molar-refractivity contribution >= 4 is 23.5 Å². The van der Waals surface area contributed by atoms with E-state index >= 15 is 0 Å². The van der Waals surface area contributed by atoms with Crippen LogP contribution in [0.15, 0.2) is 18.2 Å². The molecule has 0 aliphatic heterocycles. The zero-order chi connectivity index (χ0) is 14.6. The van der Waals surface area contributed by atoms with E-state index in [1.807, 2.05) is 0 Å². The van der Waals surface area contributed by atoms with Gasteiger partial charge < -0.3 is 15.3 Å². The minimum atomic E-state index is -1.26. The number of halogens is 1. The standard InChI is InChI=1S/C12H13FN2O4/c1-7(16)15(2)6-11(17)14-10-4-3-8(12(18)19)5-9(10)13/h3-5H,6H2,1-2H3,(H,14,17)(H,18,19). The van der Waals surface area contributed by atoms with E-state index in [2.05, 4.69) is 5.32 Å². The summed E-state index contributed by atoms with van der Waals surface area (Å²) in [6.45, 7) is 1.09. The van der Waals surface area contributed by atoms with E-state index in [1.165, 1.54) is 24.9 Å². The Kier molecular flexibility index (Phi) is 4.57. The number of nitrogens with one attached hydrogen (secondary N) is 1. The molecule has 0 aliphatic rings. The Hall–Kier alpha value is -2.44. The second-order valence-corrected chi connectivity index (χ2v) is 3.92. The summed E-state index contributed by atoms with van der Waals surface area (Å²) in [5.74, 6) is -2.97. The fourth-order valence-electron chi connectivity index (χ4n) is 1.27. The second kappa shape index (κ2) is 5.94. The molecular formula is C12H13FN2O4. The molecule has 19 heavy (non-hydrogen) atoms. The fourth-order valence-corrected chi connectivity index (χ4v) is 1.27. The lowest BCUT2D eigenvalue weighted by molar-refractivity contribution is -0.131. The van der Waals surface area contributed by atoms with Crippen LogP contribution < -0.4 is 5.32 Å². The van der Waals surface area contributed by atoms with Crippen LogP contribution >= 0.6 is 0 Å². The first-order valence-corrected chi connectivity index (χ1v) is 5.35. The van der Waals surface area contributed by atoms with Gasteiger partial charge in [0, 0.05) is 14.0 Å². The average molecular weight is 268 g/mol. The molecular weight excluding hydrogens is 255 g/mol. The summed E-state index contributed by atoms with van der Waals surface area (Å²) >= 11 is 0. The Bertz CT molecular complexity index is 530. The number of hydrogen-bond acceptors (Lipinski definition) is 3. The highest BCUT2D eigenvalue weighted by Gasteiger charge is 2.13. The molecule has 0 fully saturated rings. The van der Waals surface area contributed by atoms with Gasteiger partial charge in [0.15, 0.2) is 0 Å². The third-order valence-corrected chi connectivity index (χ3v) is 2.41. The van der Waals surface area contributed by atoms with E-state index < -0.39 is 17.7 Å². The molecule has 2 N–H and O–H groups in total. The number of hydrogen-bond donors (Lipinski definition) is 2. The number of aromatic carboxylic acids is 1. The highest BCUT2D eigenvalue weighted by atomic mass is 19.1. The molecule has 6 nitrogen and oxygen atoms in total. The SMILES string of the molecule is CC(=O)N(C)CC(=O)Nc1ccc(C(=O)O)cc1F. The number of anilines is 1. The van der Waals surface area contributed by atoms with Gasteiger partial charge in [-0.2, -0.15) is 0 Å². The number of likely N-dealkylation sites (N-methyl/N-ethyl adjacent to an activating group) is 1. The zero-order valence-corrected chi connectivity index (χ0v) is 10.4. The van der Waals surface area contributed by atoms with Crippen LogP contribution in [0.2, 0.25) is 0 Å². The minimum Gasteiger partial charge on any atom is -0.478 e. The summed E-state index contributed by atoms with van der Waals surface area (Å²) in [4.78, 5) is 34.2. The number of carbonyl (C=O) groups excluding carboxylic acids is 2. The van der Waals surface area contributed by atoms with Crippen molar-refractivity contribution in [3.8, 4) is 0 Å². The molecule has 0 aliphatic carbocycles. The van der Waals surface area contributed by atoms with Crippen molar-refractivity contribution in [3.63, 3.8) is 0 Å². The molecule has 0 spiro atoms. The first-order chi connectivity index (χ1) is 8.81. The van der Waals surface area contributed by atoms with Gasteiger partial charge in [0.05, 0.1) is 17.8 Å². The minimum absolute atomic E-state index is 0.132. The van der Waals surface area contributed by atoms with Crippen LogP contribution in [0.4, 0.5) is 10.1 Å². The van der Waals surface area contributed by atoms with Crippen molar-refractivity contribution in [2.75, 3.05) is 18.9 Å². The second-order valence-electron chi connectivity index (χ2n) is 3.92. The summed E-state index contributed by atoms with van der Waals surface area (Å²) in [7, 11) is 1.44. The highest BCUT2D eigenvalue weighted by molar-refractivity contribution is 5.95. The summed E-state index contributed by atoms with van der Waals surface area (Å²) in [5, 5.41) is 10.9. The van der Waals surface area contributed by atoms with Gasteiger partial charge >= 0.3 is 5.97 Å². The molecule has 2 amide bonds. The van der Waals surface area contributed by atoms with E-state index in [0.717, 1.165) is 12.1 Å². The van der Waals surface area contributed by atoms with E-state index in [-0.39, 0.29) is 23.7 Å². The van der Waals surface area contributed by atoms with Gasteiger partial charge in [0.25, 0.3) is 0 Å². The summed E-state index contributed by atoms with van der Waals surface area (Å²) in [6.07, 6.45) is 0. The number of nitrogens with zero attached hydrogens (tertiary/aromatic N) is 1. The topological polar surface area (TPSA) is 86.7 Å². The number of rotatable bonds is 4. The zero-order valence-electron chi connectivity index (χ0n) is 10.4. The van der Waals surface area contributed by atoms with Gasteiger partial charge in [-0.1, -0.05) is 0 Å². The lowest BCUT2D eigenvalue weighted by Gasteiger charge is -2.14. The fraction of sp³-hybridized carbons (Fsp3) is 0.250. The predicted molar refractivity (Wildman–Crippen MR) is 65.3 cm³/mol. The largest absolute Gasteiger partial charge is 0.478 e. The normalized spacial score (nSPS) is 9.84. The molecule has 0 heterocycles. The first kappa shape index (κ1) is 14.6. The molecule has 0 saturated carbocycles. The summed E-state index contributed by atoms with van der Waals surface area (Å²) < 4.78 is 13.5. The number of amides is 2. The molecule has 0 atom stereocenters. The van der Waals surface area contributed by atoms with Gasteiger partial charge in [-0.25, -0.2) is 9.18 Å². The van der Waals surface area contributed by atoms with Gasteiger partial charge in [0.1, 0.15) is 5.82 Å². The predicted octanol–water partition coefficient (Wildman–Crippen LogP) is 0.941. The van der Waals surface area contributed by atoms with Crippen LogP contribution in [0.5, 0.6) is 0 Å². The maximum absolute atomic E-state index is 13.5. The number of benzene rings is 1. The van der Waals surface area contributed by atoms with E-state index in [4.69, 9.17) is 5.11 Å². The van der Waals surface area contributed by atoms with E-state index in [9.17, 15) is 18.8 Å². The van der Waals surface area contributed by atoms with Crippen molar-refractivity contribution < 1.29 is 23.9 Å². The summed E-state index contributed by atoms with van der Waals surface area (Å²) in [5.41, 5.74) is -0.344. The third kappa shape index (κ3) is 4.06. The average Bonchev–Trinajstić information content (AvgIpc) is 2.31. The molecule has 1 rings (SSSR count). The van der Waals surface area contributed by atoms with Crippen molar-refractivity contribution in [3.05, 3.63) is 29.6 Å². The number of carboxylic acids is 1. The van der Waals surface area contributed by atoms with Crippen molar-refractivity contribution in [1.82, 2.24) is 4.90 Å². The lowest BCUT2D eigenvalue weighted by Crippen LogP contribution is -2.33. The third-order valence-electron chi connectivity index (χ3n) is 2.41. The van der Waals surface area contributed by atoms with Crippen LogP contribution in [0.3, 0.4) is 0 Å².